The summed E-state index contributed by atoms with van der Waals surface area (Å²) in [4.78, 5) is 8.06. The molecule has 88 valence electrons. The molecule has 17 heavy (non-hydrogen) atoms. The van der Waals surface area contributed by atoms with Crippen LogP contribution in [-0.4, -0.2) is 15.1 Å². The summed E-state index contributed by atoms with van der Waals surface area (Å²) in [5, 5.41) is 12.6. The molecule has 1 heterocycles. The topological polar surface area (TPSA) is 58.0 Å². The number of anilines is 1. The molecule has 0 amide bonds. The van der Waals surface area contributed by atoms with Gasteiger partial charge in [-0.25, -0.2) is 9.97 Å². The lowest BCUT2D eigenvalue weighted by Crippen LogP contribution is -2.03. The normalized spacial score (nSPS) is 10.2. The summed E-state index contributed by atoms with van der Waals surface area (Å²) in [6, 6.07) is 7.69. The first-order chi connectivity index (χ1) is 8.28. The minimum Gasteiger partial charge on any atom is -0.392 e. The fraction of sp³-hybridized carbons (Fsp3) is 0.167. The van der Waals surface area contributed by atoms with Gasteiger partial charge in [-0.2, -0.15) is 0 Å². The highest BCUT2D eigenvalue weighted by molar-refractivity contribution is 6.30. The molecule has 0 aliphatic carbocycles. The lowest BCUT2D eigenvalue weighted by molar-refractivity contribution is 0.281. The Morgan fingerprint density at radius 3 is 2.59 bits per heavy atom. The Labute approximate surface area is 104 Å². The molecule has 2 aromatic rings. The van der Waals surface area contributed by atoms with Crippen molar-refractivity contribution in [1.29, 1.82) is 0 Å². The van der Waals surface area contributed by atoms with Gasteiger partial charge in [0.1, 0.15) is 0 Å². The van der Waals surface area contributed by atoms with Gasteiger partial charge in [0.05, 0.1) is 24.0 Å². The van der Waals surface area contributed by atoms with Crippen molar-refractivity contribution in [3.05, 3.63) is 52.8 Å². The Hall–Kier alpha value is -1.65. The van der Waals surface area contributed by atoms with Gasteiger partial charge < -0.3 is 10.4 Å². The summed E-state index contributed by atoms with van der Waals surface area (Å²) in [6.07, 6.45) is 3.09. The van der Waals surface area contributed by atoms with Crippen LogP contribution in [0.2, 0.25) is 5.02 Å². The zero-order valence-corrected chi connectivity index (χ0v) is 9.85. The Bertz CT molecular complexity index is 487. The third kappa shape index (κ3) is 3.41. The summed E-state index contributed by atoms with van der Waals surface area (Å²) in [7, 11) is 0. The van der Waals surface area contributed by atoms with E-state index in [4.69, 9.17) is 16.7 Å². The van der Waals surface area contributed by atoms with E-state index < -0.39 is 0 Å². The zero-order valence-electron chi connectivity index (χ0n) is 9.10. The van der Waals surface area contributed by atoms with Gasteiger partial charge in [-0.15, -0.1) is 0 Å². The van der Waals surface area contributed by atoms with Crippen LogP contribution in [0.3, 0.4) is 0 Å². The smallest absolute Gasteiger partial charge is 0.222 e. The highest BCUT2D eigenvalue weighted by Crippen LogP contribution is 2.09. The van der Waals surface area contributed by atoms with E-state index in [2.05, 4.69) is 15.3 Å². The average Bonchev–Trinajstić information content (AvgIpc) is 2.38. The molecule has 0 aliphatic rings. The van der Waals surface area contributed by atoms with Crippen LogP contribution >= 0.6 is 11.6 Å². The second kappa shape index (κ2) is 5.61. The van der Waals surface area contributed by atoms with Crippen molar-refractivity contribution in [3.63, 3.8) is 0 Å². The molecule has 1 aromatic carbocycles. The van der Waals surface area contributed by atoms with E-state index in [-0.39, 0.29) is 6.61 Å². The summed E-state index contributed by atoms with van der Waals surface area (Å²) in [6.45, 7) is 0.654. The average molecular weight is 250 g/mol. The Morgan fingerprint density at radius 2 is 1.88 bits per heavy atom. The summed E-state index contributed by atoms with van der Waals surface area (Å²) < 4.78 is 0. The van der Waals surface area contributed by atoms with Crippen LogP contribution in [0.15, 0.2) is 36.7 Å². The van der Waals surface area contributed by atoms with Crippen molar-refractivity contribution in [2.24, 2.45) is 0 Å². The molecule has 1 aromatic heterocycles. The number of rotatable bonds is 4. The van der Waals surface area contributed by atoms with Gasteiger partial charge in [0.15, 0.2) is 0 Å². The van der Waals surface area contributed by atoms with Crippen molar-refractivity contribution < 1.29 is 5.11 Å². The number of nitrogens with one attached hydrogen (secondary N) is 1. The Balaban J connectivity index is 1.99. The number of benzene rings is 1. The van der Waals surface area contributed by atoms with Crippen LogP contribution in [0.4, 0.5) is 5.95 Å². The van der Waals surface area contributed by atoms with E-state index >= 15 is 0 Å². The van der Waals surface area contributed by atoms with Crippen LogP contribution in [0.1, 0.15) is 11.1 Å². The molecule has 0 atom stereocenters. The monoisotopic (exact) mass is 249 g/mol. The van der Waals surface area contributed by atoms with Crippen LogP contribution in [0.5, 0.6) is 0 Å². The van der Waals surface area contributed by atoms with Gasteiger partial charge >= 0.3 is 0 Å². The van der Waals surface area contributed by atoms with Crippen LogP contribution in [-0.2, 0) is 13.2 Å². The third-order valence-corrected chi connectivity index (χ3v) is 2.44. The molecule has 2 rings (SSSR count). The first kappa shape index (κ1) is 11.8. The first-order valence-corrected chi connectivity index (χ1v) is 5.56. The summed E-state index contributed by atoms with van der Waals surface area (Å²) in [5.41, 5.74) is 1.96. The second-order valence-corrected chi connectivity index (χ2v) is 3.99. The van der Waals surface area contributed by atoms with Crippen LogP contribution < -0.4 is 5.32 Å². The fourth-order valence-electron chi connectivity index (χ4n) is 1.42. The third-order valence-electron chi connectivity index (χ3n) is 2.24. The summed E-state index contributed by atoms with van der Waals surface area (Å²) in [5.74, 6) is 0.531. The molecule has 0 unspecified atom stereocenters. The minimum absolute atomic E-state index is 0.0469. The fourth-order valence-corrected chi connectivity index (χ4v) is 1.52. The van der Waals surface area contributed by atoms with Gasteiger partial charge in [0.2, 0.25) is 5.95 Å². The number of aliphatic hydroxyl groups excluding tert-OH is 1. The molecule has 0 fully saturated rings. The van der Waals surface area contributed by atoms with E-state index in [0.29, 0.717) is 17.5 Å². The maximum atomic E-state index is 9.02. The first-order valence-electron chi connectivity index (χ1n) is 5.18. The highest BCUT2D eigenvalue weighted by atomic mass is 35.5. The molecule has 0 aliphatic heterocycles. The van der Waals surface area contributed by atoms with Crippen molar-refractivity contribution in [2.45, 2.75) is 13.2 Å². The summed E-state index contributed by atoms with van der Waals surface area (Å²) >= 11 is 5.69. The lowest BCUT2D eigenvalue weighted by Gasteiger charge is -2.05. The molecule has 5 heteroatoms. The second-order valence-electron chi connectivity index (χ2n) is 3.56. The number of aromatic nitrogens is 2. The number of hydrogen-bond acceptors (Lipinski definition) is 4. The van der Waals surface area contributed by atoms with E-state index in [1.165, 1.54) is 0 Å². The quantitative estimate of drug-likeness (QED) is 0.873. The molecular weight excluding hydrogens is 238 g/mol. The van der Waals surface area contributed by atoms with Crippen molar-refractivity contribution >= 4 is 17.5 Å². The van der Waals surface area contributed by atoms with Crippen molar-refractivity contribution in [2.75, 3.05) is 5.32 Å². The number of halogens is 1. The number of aliphatic hydroxyl groups is 1. The SMILES string of the molecule is OCc1cccc(CNc2ncc(Cl)cn2)c1. The predicted molar refractivity (Wildman–Crippen MR) is 66.7 cm³/mol. The van der Waals surface area contributed by atoms with Gasteiger partial charge in [-0.1, -0.05) is 35.9 Å². The zero-order chi connectivity index (χ0) is 12.1. The van der Waals surface area contributed by atoms with Crippen LogP contribution in [0.25, 0.3) is 0 Å². The molecule has 0 saturated heterocycles. The van der Waals surface area contributed by atoms with Gasteiger partial charge in [0, 0.05) is 6.54 Å². The number of nitrogens with zero attached hydrogens (tertiary/aromatic N) is 2. The molecule has 0 radical (unpaired) electrons. The maximum absolute atomic E-state index is 9.02. The Morgan fingerprint density at radius 1 is 1.18 bits per heavy atom. The van der Waals surface area contributed by atoms with Crippen LogP contribution in [0, 0.1) is 0 Å². The van der Waals surface area contributed by atoms with Gasteiger partial charge in [-0.05, 0) is 11.1 Å². The van der Waals surface area contributed by atoms with Gasteiger partial charge in [0.25, 0.3) is 0 Å². The molecule has 0 spiro atoms. The molecule has 2 N–H and O–H groups in total. The highest BCUT2D eigenvalue weighted by Gasteiger charge is 1.98. The standard InChI is InChI=1S/C12H12ClN3O/c13-11-6-15-12(16-7-11)14-5-9-2-1-3-10(4-9)8-17/h1-4,6-7,17H,5,8H2,(H,14,15,16). The lowest BCUT2D eigenvalue weighted by atomic mass is 10.1. The van der Waals surface area contributed by atoms with E-state index in [1.807, 2.05) is 24.3 Å². The van der Waals surface area contributed by atoms with Crippen molar-refractivity contribution in [1.82, 2.24) is 9.97 Å². The largest absolute Gasteiger partial charge is 0.392 e. The molecular formula is C12H12ClN3O. The number of hydrogen-bond donors (Lipinski definition) is 2. The van der Waals surface area contributed by atoms with E-state index in [1.54, 1.807) is 12.4 Å². The predicted octanol–water partition coefficient (Wildman–Crippen LogP) is 2.23. The van der Waals surface area contributed by atoms with Crippen molar-refractivity contribution in [3.8, 4) is 0 Å². The maximum Gasteiger partial charge on any atom is 0.222 e. The molecule has 0 bridgehead atoms. The van der Waals surface area contributed by atoms with E-state index in [0.717, 1.165) is 11.1 Å². The minimum atomic E-state index is 0.0469. The Kier molecular flexibility index (Phi) is 3.90. The van der Waals surface area contributed by atoms with Gasteiger partial charge in [-0.3, -0.25) is 0 Å². The van der Waals surface area contributed by atoms with E-state index in [9.17, 15) is 0 Å². The molecule has 0 saturated carbocycles. The molecule has 4 nitrogen and oxygen atoms in total.